The Morgan fingerprint density at radius 3 is 2.81 bits per heavy atom. The van der Waals surface area contributed by atoms with Crippen molar-refractivity contribution in [2.45, 2.75) is 6.10 Å². The van der Waals surface area contributed by atoms with Crippen LogP contribution in [-0.4, -0.2) is 35.8 Å². The third-order valence-corrected chi connectivity index (χ3v) is 4.20. The van der Waals surface area contributed by atoms with E-state index in [4.69, 9.17) is 9.47 Å². The van der Waals surface area contributed by atoms with E-state index in [0.29, 0.717) is 11.5 Å². The fourth-order valence-corrected chi connectivity index (χ4v) is 2.73. The largest absolute Gasteiger partial charge is 0.497 e. The number of nitrogens with zero attached hydrogens (tertiary/aromatic N) is 1. The number of carbonyl (C=O) groups is 1. The smallest absolute Gasteiger partial charge is 0.258 e. The van der Waals surface area contributed by atoms with Crippen molar-refractivity contribution in [2.24, 2.45) is 7.05 Å². The Morgan fingerprint density at radius 2 is 2.00 bits per heavy atom. The van der Waals surface area contributed by atoms with Gasteiger partial charge in [0.15, 0.2) is 6.61 Å². The lowest BCUT2D eigenvalue weighted by Crippen LogP contribution is -2.32. The van der Waals surface area contributed by atoms with E-state index >= 15 is 0 Å². The first-order chi connectivity index (χ1) is 12.6. The fraction of sp³-hybridized carbons (Fsp3) is 0.250. The SMILES string of the molecule is COc1cccc(OCC(=O)NCC(O)c2ccc3c(ccn3C)c2)c1. The van der Waals surface area contributed by atoms with Gasteiger partial charge in [-0.15, -0.1) is 0 Å². The quantitative estimate of drug-likeness (QED) is 0.683. The zero-order chi connectivity index (χ0) is 18.5. The van der Waals surface area contributed by atoms with Gasteiger partial charge >= 0.3 is 0 Å². The van der Waals surface area contributed by atoms with Gasteiger partial charge in [-0.2, -0.15) is 0 Å². The highest BCUT2D eigenvalue weighted by Gasteiger charge is 2.11. The molecule has 0 radical (unpaired) electrons. The van der Waals surface area contributed by atoms with Gasteiger partial charge in [-0.05, 0) is 41.3 Å². The number of amides is 1. The van der Waals surface area contributed by atoms with Gasteiger partial charge in [-0.25, -0.2) is 0 Å². The number of carbonyl (C=O) groups excluding carboxylic acids is 1. The molecule has 0 aliphatic rings. The predicted octanol–water partition coefficient (Wildman–Crippen LogP) is 2.42. The van der Waals surface area contributed by atoms with Gasteiger partial charge in [0.25, 0.3) is 5.91 Å². The molecule has 6 heteroatoms. The van der Waals surface area contributed by atoms with Gasteiger partial charge in [-0.1, -0.05) is 12.1 Å². The lowest BCUT2D eigenvalue weighted by atomic mass is 10.1. The summed E-state index contributed by atoms with van der Waals surface area (Å²) in [5, 5.41) is 14.0. The molecular weight excluding hydrogens is 332 g/mol. The molecule has 0 saturated heterocycles. The number of aryl methyl sites for hydroxylation is 1. The predicted molar refractivity (Wildman–Crippen MR) is 99.4 cm³/mol. The Balaban J connectivity index is 1.51. The molecule has 1 heterocycles. The van der Waals surface area contributed by atoms with Crippen molar-refractivity contribution < 1.29 is 19.4 Å². The van der Waals surface area contributed by atoms with Crippen LogP contribution in [-0.2, 0) is 11.8 Å². The molecule has 136 valence electrons. The molecule has 0 aliphatic heterocycles. The van der Waals surface area contributed by atoms with Crippen molar-refractivity contribution in [3.05, 3.63) is 60.3 Å². The maximum atomic E-state index is 11.9. The van der Waals surface area contributed by atoms with Gasteiger partial charge in [0.05, 0.1) is 13.2 Å². The van der Waals surface area contributed by atoms with Crippen molar-refractivity contribution in [1.29, 1.82) is 0 Å². The van der Waals surface area contributed by atoms with E-state index in [9.17, 15) is 9.90 Å². The van der Waals surface area contributed by atoms with Crippen LogP contribution in [0.3, 0.4) is 0 Å². The molecule has 3 aromatic rings. The van der Waals surface area contributed by atoms with Gasteiger partial charge < -0.3 is 24.5 Å². The lowest BCUT2D eigenvalue weighted by Gasteiger charge is -2.13. The highest BCUT2D eigenvalue weighted by molar-refractivity contribution is 5.81. The molecule has 2 N–H and O–H groups in total. The van der Waals surface area contributed by atoms with Crippen LogP contribution in [0.1, 0.15) is 11.7 Å². The molecule has 0 fully saturated rings. The zero-order valence-corrected chi connectivity index (χ0v) is 14.8. The maximum absolute atomic E-state index is 11.9. The number of nitrogens with one attached hydrogen (secondary N) is 1. The molecule has 1 unspecified atom stereocenters. The van der Waals surface area contributed by atoms with Crippen molar-refractivity contribution in [1.82, 2.24) is 9.88 Å². The summed E-state index contributed by atoms with van der Waals surface area (Å²) in [4.78, 5) is 11.9. The molecule has 1 amide bonds. The summed E-state index contributed by atoms with van der Waals surface area (Å²) in [5.41, 5.74) is 1.86. The summed E-state index contributed by atoms with van der Waals surface area (Å²) in [6.07, 6.45) is 1.19. The number of aliphatic hydroxyl groups is 1. The van der Waals surface area contributed by atoms with Crippen molar-refractivity contribution in [3.8, 4) is 11.5 Å². The molecule has 3 rings (SSSR count). The van der Waals surface area contributed by atoms with Crippen molar-refractivity contribution in [2.75, 3.05) is 20.3 Å². The number of ether oxygens (including phenoxy) is 2. The Labute approximate surface area is 152 Å². The second kappa shape index (κ2) is 7.93. The van der Waals surface area contributed by atoms with Crippen LogP contribution in [0.25, 0.3) is 10.9 Å². The van der Waals surface area contributed by atoms with Crippen LogP contribution in [0.2, 0.25) is 0 Å². The van der Waals surface area contributed by atoms with Crippen LogP contribution >= 0.6 is 0 Å². The first-order valence-electron chi connectivity index (χ1n) is 8.33. The van der Waals surface area contributed by atoms with Crippen molar-refractivity contribution >= 4 is 16.8 Å². The molecule has 2 aromatic carbocycles. The highest BCUT2D eigenvalue weighted by Crippen LogP contribution is 2.21. The first kappa shape index (κ1) is 17.8. The van der Waals surface area contributed by atoms with E-state index in [-0.39, 0.29) is 19.1 Å². The average molecular weight is 354 g/mol. The van der Waals surface area contributed by atoms with Crippen LogP contribution in [0, 0.1) is 0 Å². The van der Waals surface area contributed by atoms with Crippen LogP contribution in [0.15, 0.2) is 54.7 Å². The molecule has 1 atom stereocenters. The number of methoxy groups -OCH3 is 1. The van der Waals surface area contributed by atoms with Gasteiger partial charge in [0, 0.05) is 31.4 Å². The molecule has 0 spiro atoms. The normalized spacial score (nSPS) is 12.0. The molecule has 0 bridgehead atoms. The Kier molecular flexibility index (Phi) is 5.43. The minimum atomic E-state index is -0.777. The van der Waals surface area contributed by atoms with Crippen molar-refractivity contribution in [3.63, 3.8) is 0 Å². The number of aliphatic hydroxyl groups excluding tert-OH is 1. The monoisotopic (exact) mass is 354 g/mol. The second-order valence-electron chi connectivity index (χ2n) is 6.03. The highest BCUT2D eigenvalue weighted by atomic mass is 16.5. The van der Waals surface area contributed by atoms with Gasteiger partial charge in [-0.3, -0.25) is 4.79 Å². The number of aromatic nitrogens is 1. The van der Waals surface area contributed by atoms with Gasteiger partial charge in [0.1, 0.15) is 11.5 Å². The molecular formula is C20H22N2O4. The minimum absolute atomic E-state index is 0.124. The molecule has 6 nitrogen and oxygen atoms in total. The summed E-state index contributed by atoms with van der Waals surface area (Å²) in [6.45, 7) is -0.00372. The molecule has 0 aliphatic carbocycles. The van der Waals surface area contributed by atoms with E-state index < -0.39 is 6.10 Å². The number of fused-ring (bicyclic) bond motifs is 1. The number of hydrogen-bond acceptors (Lipinski definition) is 4. The van der Waals surface area contributed by atoms with E-state index in [1.54, 1.807) is 31.4 Å². The van der Waals surface area contributed by atoms with E-state index in [0.717, 1.165) is 16.5 Å². The summed E-state index contributed by atoms with van der Waals surface area (Å²) in [7, 11) is 3.54. The zero-order valence-electron chi connectivity index (χ0n) is 14.8. The summed E-state index contributed by atoms with van der Waals surface area (Å²) in [5.74, 6) is 0.914. The standard InChI is InChI=1S/C20H22N2O4/c1-22-9-8-14-10-15(6-7-18(14)22)19(23)12-21-20(24)13-26-17-5-3-4-16(11-17)25-2/h3-11,19,23H,12-13H2,1-2H3,(H,21,24). The number of benzene rings is 2. The van der Waals surface area contributed by atoms with Crippen LogP contribution in [0.5, 0.6) is 11.5 Å². The molecule has 26 heavy (non-hydrogen) atoms. The summed E-state index contributed by atoms with van der Waals surface area (Å²) < 4.78 is 12.6. The molecule has 0 saturated carbocycles. The van der Waals surface area contributed by atoms with E-state index in [1.807, 2.05) is 42.1 Å². The van der Waals surface area contributed by atoms with E-state index in [1.165, 1.54) is 0 Å². The lowest BCUT2D eigenvalue weighted by molar-refractivity contribution is -0.123. The van der Waals surface area contributed by atoms with Gasteiger partial charge in [0.2, 0.25) is 0 Å². The Morgan fingerprint density at radius 1 is 1.19 bits per heavy atom. The van der Waals surface area contributed by atoms with Crippen LogP contribution < -0.4 is 14.8 Å². The third-order valence-electron chi connectivity index (χ3n) is 4.20. The summed E-state index contributed by atoms with van der Waals surface area (Å²) >= 11 is 0. The minimum Gasteiger partial charge on any atom is -0.497 e. The maximum Gasteiger partial charge on any atom is 0.258 e. The Bertz CT molecular complexity index is 904. The fourth-order valence-electron chi connectivity index (χ4n) is 2.73. The van der Waals surface area contributed by atoms with Crippen LogP contribution in [0.4, 0.5) is 0 Å². The second-order valence-corrected chi connectivity index (χ2v) is 6.03. The third kappa shape index (κ3) is 4.15. The first-order valence-corrected chi connectivity index (χ1v) is 8.33. The number of hydrogen-bond donors (Lipinski definition) is 2. The molecule has 1 aromatic heterocycles. The summed E-state index contributed by atoms with van der Waals surface area (Å²) in [6, 6.07) is 14.8. The topological polar surface area (TPSA) is 72.7 Å². The number of rotatable bonds is 7. The average Bonchev–Trinajstić information content (AvgIpc) is 3.05. The van der Waals surface area contributed by atoms with E-state index in [2.05, 4.69) is 5.32 Å². The Hall–Kier alpha value is -2.99.